The molecule has 36 heavy (non-hydrogen) atoms. The van der Waals surface area contributed by atoms with Crippen LogP contribution in [0.1, 0.15) is 0 Å². The van der Waals surface area contributed by atoms with E-state index in [0.29, 0.717) is 30.6 Å². The first-order valence-electron chi connectivity index (χ1n) is 11.9. The number of hydrogen-bond donors (Lipinski definition) is 1. The molecular weight excluding hydrogens is 462 g/mol. The normalized spacial score (nSPS) is 14.4. The highest BCUT2D eigenvalue weighted by Crippen LogP contribution is 2.22. The summed E-state index contributed by atoms with van der Waals surface area (Å²) >= 11 is 0. The largest absolute Gasteiger partial charge is 0.491 e. The number of hydrogen-bond acceptors (Lipinski definition) is 11. The molecule has 1 fully saturated rings. The van der Waals surface area contributed by atoms with Crippen molar-refractivity contribution in [1.29, 1.82) is 0 Å². The summed E-state index contributed by atoms with van der Waals surface area (Å²) in [6.07, 6.45) is 3.04. The predicted octanol–water partition coefficient (Wildman–Crippen LogP) is 1.65. The Hall–Kier alpha value is -3.90. The molecule has 0 amide bonds. The van der Waals surface area contributed by atoms with Crippen molar-refractivity contribution in [3.8, 4) is 17.5 Å². The Kier molecular flexibility index (Phi) is 7.14. The van der Waals surface area contributed by atoms with Crippen LogP contribution in [-0.2, 0) is 4.74 Å². The molecule has 1 saturated heterocycles. The van der Waals surface area contributed by atoms with E-state index in [2.05, 4.69) is 46.9 Å². The second kappa shape index (κ2) is 10.8. The van der Waals surface area contributed by atoms with Crippen LogP contribution in [0.5, 0.6) is 5.75 Å². The van der Waals surface area contributed by atoms with Crippen LogP contribution in [0.2, 0.25) is 0 Å². The van der Waals surface area contributed by atoms with Gasteiger partial charge in [-0.25, -0.2) is 9.97 Å². The van der Waals surface area contributed by atoms with Gasteiger partial charge in [0.1, 0.15) is 24.4 Å². The molecule has 190 valence electrons. The maximum Gasteiger partial charge on any atom is 0.266 e. The van der Waals surface area contributed by atoms with E-state index in [0.717, 1.165) is 50.8 Å². The fraction of sp³-hybridized carbons (Fsp3) is 0.417. The number of anilines is 3. The third-order valence-electron chi connectivity index (χ3n) is 6.23. The van der Waals surface area contributed by atoms with Gasteiger partial charge in [-0.3, -0.25) is 4.90 Å². The van der Waals surface area contributed by atoms with Crippen molar-refractivity contribution in [2.75, 3.05) is 82.2 Å². The van der Waals surface area contributed by atoms with E-state index in [1.54, 1.807) is 13.3 Å². The molecule has 12 heteroatoms. The quantitative estimate of drug-likeness (QED) is 0.324. The smallest absolute Gasteiger partial charge is 0.266 e. The third-order valence-corrected chi connectivity index (χ3v) is 6.23. The second-order valence-corrected chi connectivity index (χ2v) is 8.60. The molecule has 0 unspecified atom stereocenters. The van der Waals surface area contributed by atoms with Gasteiger partial charge in [0.2, 0.25) is 11.8 Å². The molecule has 0 atom stereocenters. The first-order valence-corrected chi connectivity index (χ1v) is 11.9. The van der Waals surface area contributed by atoms with E-state index in [1.165, 1.54) is 16.5 Å². The van der Waals surface area contributed by atoms with Crippen LogP contribution >= 0.6 is 0 Å². The van der Waals surface area contributed by atoms with Crippen LogP contribution in [-0.4, -0.2) is 96.1 Å². The monoisotopic (exact) mass is 493 g/mol. The highest BCUT2D eigenvalue weighted by atomic mass is 16.5. The van der Waals surface area contributed by atoms with Crippen LogP contribution in [0.4, 0.5) is 17.5 Å². The summed E-state index contributed by atoms with van der Waals surface area (Å²) in [7, 11) is 3.68. The second-order valence-electron chi connectivity index (χ2n) is 8.60. The zero-order chi connectivity index (χ0) is 24.9. The first kappa shape index (κ1) is 23.8. The average molecular weight is 494 g/mol. The van der Waals surface area contributed by atoms with E-state index in [9.17, 15) is 0 Å². The number of aromatic nitrogens is 5. The highest BCUT2D eigenvalue weighted by molar-refractivity contribution is 5.58. The lowest BCUT2D eigenvalue weighted by Crippen LogP contribution is -2.48. The number of nitrogen functional groups attached to an aromatic ring is 1. The first-order chi connectivity index (χ1) is 17.6. The van der Waals surface area contributed by atoms with E-state index >= 15 is 0 Å². The fourth-order valence-corrected chi connectivity index (χ4v) is 4.15. The molecule has 1 aromatic carbocycles. The number of oxazole rings is 1. The molecule has 4 heterocycles. The molecule has 0 bridgehead atoms. The minimum atomic E-state index is 0.267. The van der Waals surface area contributed by atoms with Gasteiger partial charge >= 0.3 is 0 Å². The van der Waals surface area contributed by atoms with Gasteiger partial charge in [0, 0.05) is 65.2 Å². The van der Waals surface area contributed by atoms with Gasteiger partial charge in [0.25, 0.3) is 5.89 Å². The molecule has 12 nitrogen and oxygen atoms in total. The third kappa shape index (κ3) is 5.34. The minimum Gasteiger partial charge on any atom is -0.491 e. The van der Waals surface area contributed by atoms with Crippen molar-refractivity contribution < 1.29 is 13.9 Å². The molecule has 5 rings (SSSR count). The van der Waals surface area contributed by atoms with Gasteiger partial charge in [-0.15, -0.1) is 5.10 Å². The highest BCUT2D eigenvalue weighted by Gasteiger charge is 2.19. The summed E-state index contributed by atoms with van der Waals surface area (Å²) in [4.78, 5) is 20.1. The van der Waals surface area contributed by atoms with Crippen molar-refractivity contribution in [2.24, 2.45) is 0 Å². The Morgan fingerprint density at radius 1 is 1.08 bits per heavy atom. The number of nitrogens with two attached hydrogens (primary N) is 1. The average Bonchev–Trinajstić information content (AvgIpc) is 3.59. The zero-order valence-electron chi connectivity index (χ0n) is 20.6. The Labute approximate surface area is 209 Å². The Balaban J connectivity index is 1.13. The molecule has 0 radical (unpaired) electrons. The Morgan fingerprint density at radius 2 is 1.89 bits per heavy atom. The number of methoxy groups -OCH3 is 1. The van der Waals surface area contributed by atoms with Crippen LogP contribution < -0.4 is 20.3 Å². The van der Waals surface area contributed by atoms with Crippen molar-refractivity contribution in [3.05, 3.63) is 42.8 Å². The summed E-state index contributed by atoms with van der Waals surface area (Å²) < 4.78 is 17.5. The summed E-state index contributed by atoms with van der Waals surface area (Å²) in [5.74, 6) is 2.60. The van der Waals surface area contributed by atoms with Gasteiger partial charge in [0.05, 0.1) is 12.8 Å². The van der Waals surface area contributed by atoms with E-state index in [-0.39, 0.29) is 5.95 Å². The minimum absolute atomic E-state index is 0.267. The number of ether oxygens (including phenoxy) is 2. The fourth-order valence-electron chi connectivity index (χ4n) is 4.15. The van der Waals surface area contributed by atoms with Gasteiger partial charge in [-0.2, -0.15) is 9.50 Å². The summed E-state index contributed by atoms with van der Waals surface area (Å²) in [6.45, 7) is 6.84. The molecule has 3 aromatic heterocycles. The lowest BCUT2D eigenvalue weighted by atomic mass is 10.2. The molecule has 2 N–H and O–H groups in total. The van der Waals surface area contributed by atoms with Gasteiger partial charge in [-0.05, 0) is 24.3 Å². The summed E-state index contributed by atoms with van der Waals surface area (Å²) in [6, 6.07) is 10.2. The number of piperazine rings is 1. The molecule has 0 saturated carbocycles. The number of benzene rings is 1. The van der Waals surface area contributed by atoms with E-state index in [1.807, 2.05) is 25.2 Å². The van der Waals surface area contributed by atoms with Gasteiger partial charge in [-0.1, -0.05) is 0 Å². The van der Waals surface area contributed by atoms with Crippen molar-refractivity contribution in [1.82, 2.24) is 29.5 Å². The lowest BCUT2D eigenvalue weighted by Gasteiger charge is -2.36. The van der Waals surface area contributed by atoms with Crippen LogP contribution in [0, 0.1) is 0 Å². The molecule has 0 spiro atoms. The number of rotatable bonds is 10. The van der Waals surface area contributed by atoms with Gasteiger partial charge < -0.3 is 29.4 Å². The standard InChI is InChI=1S/C24H31N9O3/c1-30(20-17-21-27-22(23-26-7-14-36-23)29-33(21)24(25)28-20)8-9-31-10-12-32(13-11-31)18-3-5-19(6-4-18)35-16-15-34-2/h3-7,14,17H,8-13,15-16H2,1-2H3,(H2,25,28). The molecule has 1 aliphatic rings. The van der Waals surface area contributed by atoms with Gasteiger partial charge in [0.15, 0.2) is 5.65 Å². The van der Waals surface area contributed by atoms with Crippen molar-refractivity contribution in [3.63, 3.8) is 0 Å². The summed E-state index contributed by atoms with van der Waals surface area (Å²) in [5.41, 5.74) is 7.97. The number of likely N-dealkylation sites (N-methyl/N-ethyl adjacent to an activating group) is 1. The van der Waals surface area contributed by atoms with Crippen LogP contribution in [0.15, 0.2) is 47.2 Å². The molecular formula is C24H31N9O3. The van der Waals surface area contributed by atoms with Crippen LogP contribution in [0.3, 0.4) is 0 Å². The zero-order valence-corrected chi connectivity index (χ0v) is 20.6. The summed E-state index contributed by atoms with van der Waals surface area (Å²) in [5, 5.41) is 4.35. The molecule has 1 aliphatic heterocycles. The molecule has 4 aromatic rings. The van der Waals surface area contributed by atoms with Crippen LogP contribution in [0.25, 0.3) is 17.4 Å². The van der Waals surface area contributed by atoms with Crippen molar-refractivity contribution >= 4 is 23.1 Å². The Morgan fingerprint density at radius 3 is 2.61 bits per heavy atom. The van der Waals surface area contributed by atoms with E-state index in [4.69, 9.17) is 19.6 Å². The number of nitrogens with zero attached hydrogens (tertiary/aromatic N) is 8. The lowest BCUT2D eigenvalue weighted by molar-refractivity contribution is 0.146. The Bertz CT molecular complexity index is 1250. The SMILES string of the molecule is COCCOc1ccc(N2CCN(CCN(C)c3cc4nc(-c5ncco5)nn4c(N)n3)CC2)cc1. The number of fused-ring (bicyclic) bond motifs is 1. The maximum atomic E-state index is 6.15. The van der Waals surface area contributed by atoms with Crippen molar-refractivity contribution in [2.45, 2.75) is 0 Å². The predicted molar refractivity (Wildman–Crippen MR) is 136 cm³/mol. The van der Waals surface area contributed by atoms with E-state index < -0.39 is 0 Å². The maximum absolute atomic E-state index is 6.15. The topological polar surface area (TPSA) is 123 Å². The molecule has 0 aliphatic carbocycles.